The molecule has 0 saturated heterocycles. The highest BCUT2D eigenvalue weighted by Crippen LogP contribution is 2.36. The second-order valence-electron chi connectivity index (χ2n) is 2.90. The molecule has 2 N–H and O–H groups in total. The first-order chi connectivity index (χ1) is 5.79. The second-order valence-corrected chi connectivity index (χ2v) is 3.76. The number of hydrogen-bond donors (Lipinski definition) is 1. The van der Waals surface area contributed by atoms with Crippen LogP contribution in [0.1, 0.15) is 18.0 Å². The van der Waals surface area contributed by atoms with Crippen molar-refractivity contribution >= 4 is 28.3 Å². The number of rotatable bonds is 0. The average Bonchev–Trinajstić information content (AvgIpc) is 2.07. The molecule has 0 fully saturated rings. The van der Waals surface area contributed by atoms with Gasteiger partial charge in [0.1, 0.15) is 5.75 Å². The van der Waals surface area contributed by atoms with Gasteiger partial charge in [-0.2, -0.15) is 0 Å². The zero-order valence-electron chi connectivity index (χ0n) is 7.00. The molecule has 0 aromatic heterocycles. The van der Waals surface area contributed by atoms with E-state index in [9.17, 15) is 0 Å². The Hall–Kier alpha value is -0.250. The van der Waals surface area contributed by atoms with Gasteiger partial charge in [-0.1, -0.05) is 12.1 Å². The third kappa shape index (κ3) is 1.98. The minimum absolute atomic E-state index is 0. The Balaban J connectivity index is 0.000000845. The molecular weight excluding hydrogens is 253 g/mol. The van der Waals surface area contributed by atoms with E-state index in [0.29, 0.717) is 0 Å². The molecule has 72 valence electrons. The first kappa shape index (κ1) is 10.8. The fourth-order valence-corrected chi connectivity index (χ4v) is 1.91. The SMILES string of the molecule is Cl.NC1CCOc2c(Br)cccc21. The maximum absolute atomic E-state index is 5.91. The predicted octanol–water partition coefficient (Wildman–Crippen LogP) is 2.65. The highest BCUT2D eigenvalue weighted by atomic mass is 79.9. The van der Waals surface area contributed by atoms with E-state index in [0.717, 1.165) is 28.8 Å². The fourth-order valence-electron chi connectivity index (χ4n) is 1.41. The summed E-state index contributed by atoms with van der Waals surface area (Å²) in [6, 6.07) is 6.10. The van der Waals surface area contributed by atoms with Crippen LogP contribution in [0.2, 0.25) is 0 Å². The standard InChI is InChI=1S/C9H10BrNO.ClH/c10-7-3-1-2-6-8(11)4-5-12-9(6)7;/h1-3,8H,4-5,11H2;1H. The van der Waals surface area contributed by atoms with Crippen LogP contribution in [0, 0.1) is 0 Å². The molecule has 1 unspecified atom stereocenters. The van der Waals surface area contributed by atoms with E-state index in [1.807, 2.05) is 18.2 Å². The van der Waals surface area contributed by atoms with Crippen molar-refractivity contribution < 1.29 is 4.74 Å². The Kier molecular flexibility index (Phi) is 3.59. The monoisotopic (exact) mass is 263 g/mol. The molecule has 0 spiro atoms. The van der Waals surface area contributed by atoms with E-state index >= 15 is 0 Å². The van der Waals surface area contributed by atoms with Crippen molar-refractivity contribution in [3.05, 3.63) is 28.2 Å². The number of fused-ring (bicyclic) bond motifs is 1. The van der Waals surface area contributed by atoms with E-state index in [4.69, 9.17) is 10.5 Å². The lowest BCUT2D eigenvalue weighted by atomic mass is 10.0. The summed E-state index contributed by atoms with van der Waals surface area (Å²) in [7, 11) is 0. The third-order valence-electron chi connectivity index (χ3n) is 2.07. The van der Waals surface area contributed by atoms with Gasteiger partial charge >= 0.3 is 0 Å². The van der Waals surface area contributed by atoms with Gasteiger partial charge in [-0.15, -0.1) is 12.4 Å². The summed E-state index contributed by atoms with van der Waals surface area (Å²) in [4.78, 5) is 0. The molecule has 0 amide bonds. The molecule has 2 rings (SSSR count). The van der Waals surface area contributed by atoms with Crippen LogP contribution in [0.5, 0.6) is 5.75 Å². The number of hydrogen-bond acceptors (Lipinski definition) is 2. The predicted molar refractivity (Wildman–Crippen MR) is 58.4 cm³/mol. The Morgan fingerprint density at radius 3 is 2.92 bits per heavy atom. The van der Waals surface area contributed by atoms with Gasteiger partial charge in [-0.05, 0) is 22.0 Å². The van der Waals surface area contributed by atoms with E-state index in [2.05, 4.69) is 15.9 Å². The lowest BCUT2D eigenvalue weighted by molar-refractivity contribution is 0.267. The van der Waals surface area contributed by atoms with Gasteiger partial charge in [-0.3, -0.25) is 0 Å². The Labute approximate surface area is 92.0 Å². The minimum atomic E-state index is 0. The van der Waals surface area contributed by atoms with Crippen LogP contribution in [0.15, 0.2) is 22.7 Å². The quantitative estimate of drug-likeness (QED) is 0.782. The molecule has 2 nitrogen and oxygen atoms in total. The zero-order chi connectivity index (χ0) is 8.55. The number of para-hydroxylation sites is 1. The van der Waals surface area contributed by atoms with Gasteiger partial charge in [0.2, 0.25) is 0 Å². The second kappa shape index (κ2) is 4.31. The lowest BCUT2D eigenvalue weighted by Gasteiger charge is -2.23. The molecule has 1 aromatic carbocycles. The molecular formula is C9H11BrClNO. The van der Waals surface area contributed by atoms with Gasteiger partial charge in [-0.25, -0.2) is 0 Å². The van der Waals surface area contributed by atoms with Gasteiger partial charge in [0, 0.05) is 18.0 Å². The molecule has 1 aliphatic heterocycles. The van der Waals surface area contributed by atoms with Crippen molar-refractivity contribution in [2.24, 2.45) is 5.73 Å². The molecule has 1 atom stereocenters. The first-order valence-corrected chi connectivity index (χ1v) is 4.75. The lowest BCUT2D eigenvalue weighted by Crippen LogP contribution is -2.20. The number of nitrogens with two attached hydrogens (primary N) is 1. The van der Waals surface area contributed by atoms with Crippen molar-refractivity contribution in [1.29, 1.82) is 0 Å². The van der Waals surface area contributed by atoms with E-state index in [-0.39, 0.29) is 18.4 Å². The smallest absolute Gasteiger partial charge is 0.138 e. The van der Waals surface area contributed by atoms with Gasteiger partial charge in [0.15, 0.2) is 0 Å². The Morgan fingerprint density at radius 1 is 1.46 bits per heavy atom. The van der Waals surface area contributed by atoms with Crippen LogP contribution in [-0.2, 0) is 0 Å². The average molecular weight is 265 g/mol. The molecule has 1 heterocycles. The third-order valence-corrected chi connectivity index (χ3v) is 2.70. The van der Waals surface area contributed by atoms with Crippen molar-refractivity contribution in [2.45, 2.75) is 12.5 Å². The molecule has 0 radical (unpaired) electrons. The van der Waals surface area contributed by atoms with Crippen molar-refractivity contribution in [3.8, 4) is 5.75 Å². The summed E-state index contributed by atoms with van der Waals surface area (Å²) in [5.41, 5.74) is 7.02. The summed E-state index contributed by atoms with van der Waals surface area (Å²) < 4.78 is 6.49. The molecule has 0 bridgehead atoms. The van der Waals surface area contributed by atoms with Crippen LogP contribution in [0.25, 0.3) is 0 Å². The molecule has 4 heteroatoms. The van der Waals surface area contributed by atoms with Crippen LogP contribution < -0.4 is 10.5 Å². The normalized spacial score (nSPS) is 19.7. The summed E-state index contributed by atoms with van der Waals surface area (Å²) in [5.74, 6) is 0.913. The van der Waals surface area contributed by atoms with Crippen molar-refractivity contribution in [3.63, 3.8) is 0 Å². The van der Waals surface area contributed by atoms with Gasteiger partial charge in [0.25, 0.3) is 0 Å². The van der Waals surface area contributed by atoms with Crippen LogP contribution in [-0.4, -0.2) is 6.61 Å². The largest absolute Gasteiger partial charge is 0.492 e. The van der Waals surface area contributed by atoms with E-state index < -0.39 is 0 Å². The number of benzene rings is 1. The van der Waals surface area contributed by atoms with Crippen LogP contribution in [0.4, 0.5) is 0 Å². The summed E-state index contributed by atoms with van der Waals surface area (Å²) in [6.07, 6.45) is 0.906. The fraction of sp³-hybridized carbons (Fsp3) is 0.333. The first-order valence-electron chi connectivity index (χ1n) is 3.96. The number of halogens is 2. The van der Waals surface area contributed by atoms with Crippen molar-refractivity contribution in [2.75, 3.05) is 6.61 Å². The van der Waals surface area contributed by atoms with Crippen LogP contribution >= 0.6 is 28.3 Å². The Morgan fingerprint density at radius 2 is 2.23 bits per heavy atom. The van der Waals surface area contributed by atoms with E-state index in [1.54, 1.807) is 0 Å². The van der Waals surface area contributed by atoms with Gasteiger partial charge in [0.05, 0.1) is 11.1 Å². The topological polar surface area (TPSA) is 35.2 Å². The number of ether oxygens (including phenoxy) is 1. The zero-order valence-corrected chi connectivity index (χ0v) is 9.40. The van der Waals surface area contributed by atoms with Gasteiger partial charge < -0.3 is 10.5 Å². The van der Waals surface area contributed by atoms with Crippen LogP contribution in [0.3, 0.4) is 0 Å². The maximum atomic E-state index is 5.91. The molecule has 1 aromatic rings. The summed E-state index contributed by atoms with van der Waals surface area (Å²) >= 11 is 3.43. The maximum Gasteiger partial charge on any atom is 0.138 e. The molecule has 1 aliphatic rings. The Bertz CT molecular complexity index is 306. The minimum Gasteiger partial charge on any atom is -0.492 e. The van der Waals surface area contributed by atoms with Crippen molar-refractivity contribution in [1.82, 2.24) is 0 Å². The van der Waals surface area contributed by atoms with E-state index in [1.165, 1.54) is 0 Å². The molecule has 13 heavy (non-hydrogen) atoms. The summed E-state index contributed by atoms with van der Waals surface area (Å²) in [6.45, 7) is 0.719. The molecule has 0 aliphatic carbocycles. The highest BCUT2D eigenvalue weighted by molar-refractivity contribution is 9.10. The summed E-state index contributed by atoms with van der Waals surface area (Å²) in [5, 5.41) is 0. The highest BCUT2D eigenvalue weighted by Gasteiger charge is 2.19. The molecule has 0 saturated carbocycles.